The van der Waals surface area contributed by atoms with Gasteiger partial charge in [0.15, 0.2) is 0 Å². The van der Waals surface area contributed by atoms with Gasteiger partial charge in [-0.2, -0.15) is 0 Å². The summed E-state index contributed by atoms with van der Waals surface area (Å²) in [6.07, 6.45) is -0.658. The van der Waals surface area contributed by atoms with Gasteiger partial charge in [-0.3, -0.25) is 4.79 Å². The number of nitrogens with zero attached hydrogens (tertiary/aromatic N) is 1. The first-order chi connectivity index (χ1) is 8.73. The molecule has 0 spiro atoms. The van der Waals surface area contributed by atoms with Crippen molar-refractivity contribution in [2.24, 2.45) is 0 Å². The maximum atomic E-state index is 11.4. The molecule has 0 heterocycles. The molecule has 110 valence electrons. The highest BCUT2D eigenvalue weighted by Crippen LogP contribution is 1.93. The maximum absolute atomic E-state index is 11.4. The molecule has 0 saturated heterocycles. The summed E-state index contributed by atoms with van der Waals surface area (Å²) in [4.78, 5) is 34.6. The molecule has 0 aliphatic rings. The van der Waals surface area contributed by atoms with Crippen LogP contribution in [0.5, 0.6) is 0 Å². The van der Waals surface area contributed by atoms with E-state index in [0.717, 1.165) is 0 Å². The van der Waals surface area contributed by atoms with Gasteiger partial charge in [-0.15, -0.1) is 0 Å². The molecule has 0 unspecified atom stereocenters. The first-order valence-electron chi connectivity index (χ1n) is 5.93. The predicted molar refractivity (Wildman–Crippen MR) is 68.0 cm³/mol. The van der Waals surface area contributed by atoms with Crippen LogP contribution in [0.3, 0.4) is 0 Å². The molecule has 0 fully saturated rings. The van der Waals surface area contributed by atoms with Gasteiger partial charge in [0, 0.05) is 19.1 Å². The van der Waals surface area contributed by atoms with Crippen molar-refractivity contribution in [3.8, 4) is 0 Å². The number of amides is 2. The summed E-state index contributed by atoms with van der Waals surface area (Å²) in [5.74, 6) is -2.66. The lowest BCUT2D eigenvalue weighted by Crippen LogP contribution is -2.48. The van der Waals surface area contributed by atoms with Gasteiger partial charge in [-0.05, 0) is 20.9 Å². The number of carboxylic acid groups (broad SMARTS) is 2. The molecule has 0 aliphatic carbocycles. The number of carbonyl (C=O) groups is 3. The molecule has 19 heavy (non-hydrogen) atoms. The quantitative estimate of drug-likeness (QED) is 0.476. The second-order valence-corrected chi connectivity index (χ2v) is 4.46. The molecule has 0 radical (unpaired) electrons. The van der Waals surface area contributed by atoms with Crippen molar-refractivity contribution in [1.82, 2.24) is 15.5 Å². The number of rotatable bonds is 8. The number of aliphatic carboxylic acids is 2. The number of carbonyl (C=O) groups excluding carboxylic acids is 1. The number of likely N-dealkylation sites (N-methyl/N-ethyl adjacent to an activating group) is 1. The van der Waals surface area contributed by atoms with Crippen molar-refractivity contribution in [3.63, 3.8) is 0 Å². The van der Waals surface area contributed by atoms with Crippen LogP contribution in [0.1, 0.15) is 20.3 Å². The van der Waals surface area contributed by atoms with Gasteiger partial charge in [0.1, 0.15) is 6.04 Å². The highest BCUT2D eigenvalue weighted by Gasteiger charge is 2.22. The van der Waals surface area contributed by atoms with Crippen molar-refractivity contribution in [2.75, 3.05) is 20.1 Å². The van der Waals surface area contributed by atoms with Gasteiger partial charge in [0.2, 0.25) is 0 Å². The van der Waals surface area contributed by atoms with Crippen LogP contribution in [0.4, 0.5) is 4.79 Å². The van der Waals surface area contributed by atoms with Crippen LogP contribution in [0.15, 0.2) is 0 Å². The second-order valence-electron chi connectivity index (χ2n) is 4.46. The Labute approximate surface area is 111 Å². The highest BCUT2D eigenvalue weighted by atomic mass is 16.4. The molecular weight excluding hydrogens is 254 g/mol. The summed E-state index contributed by atoms with van der Waals surface area (Å²) in [5, 5.41) is 21.8. The third kappa shape index (κ3) is 7.98. The van der Waals surface area contributed by atoms with Gasteiger partial charge >= 0.3 is 18.0 Å². The summed E-state index contributed by atoms with van der Waals surface area (Å²) in [5.41, 5.74) is 0. The average molecular weight is 275 g/mol. The lowest BCUT2D eigenvalue weighted by Gasteiger charge is -2.21. The van der Waals surface area contributed by atoms with E-state index in [1.807, 2.05) is 25.8 Å². The van der Waals surface area contributed by atoms with Crippen molar-refractivity contribution in [2.45, 2.75) is 32.4 Å². The molecule has 2 amide bonds. The fourth-order valence-electron chi connectivity index (χ4n) is 1.19. The molecule has 0 saturated carbocycles. The number of hydrogen-bond acceptors (Lipinski definition) is 4. The average Bonchev–Trinajstić information content (AvgIpc) is 2.26. The van der Waals surface area contributed by atoms with Crippen molar-refractivity contribution < 1.29 is 24.6 Å². The Morgan fingerprint density at radius 1 is 1.21 bits per heavy atom. The molecule has 0 rings (SSSR count). The molecule has 8 heteroatoms. The number of nitrogens with one attached hydrogen (secondary N) is 2. The van der Waals surface area contributed by atoms with E-state index in [1.54, 1.807) is 0 Å². The van der Waals surface area contributed by atoms with Gasteiger partial charge < -0.3 is 25.7 Å². The predicted octanol–water partition coefficient (Wildman–Crippen LogP) is -0.446. The Kier molecular flexibility index (Phi) is 7.50. The van der Waals surface area contributed by atoms with Crippen molar-refractivity contribution in [1.29, 1.82) is 0 Å². The minimum Gasteiger partial charge on any atom is -0.481 e. The molecule has 0 bridgehead atoms. The van der Waals surface area contributed by atoms with Crippen LogP contribution in [0.2, 0.25) is 0 Å². The molecule has 0 aromatic rings. The van der Waals surface area contributed by atoms with Crippen LogP contribution >= 0.6 is 0 Å². The van der Waals surface area contributed by atoms with Gasteiger partial charge in [0.05, 0.1) is 6.42 Å². The first kappa shape index (κ1) is 17.2. The minimum absolute atomic E-state index is 0.337. The number of hydrogen-bond donors (Lipinski definition) is 4. The zero-order valence-electron chi connectivity index (χ0n) is 11.3. The van der Waals surface area contributed by atoms with Crippen LogP contribution < -0.4 is 10.6 Å². The Balaban J connectivity index is 4.07. The zero-order valence-corrected chi connectivity index (χ0v) is 11.3. The van der Waals surface area contributed by atoms with E-state index in [-0.39, 0.29) is 0 Å². The molecule has 0 aliphatic heterocycles. The molecule has 4 N–H and O–H groups in total. The minimum atomic E-state index is -1.43. The smallest absolute Gasteiger partial charge is 0.326 e. The van der Waals surface area contributed by atoms with Gasteiger partial charge in [-0.1, -0.05) is 0 Å². The van der Waals surface area contributed by atoms with Gasteiger partial charge in [0.25, 0.3) is 0 Å². The van der Waals surface area contributed by atoms with Crippen LogP contribution in [-0.4, -0.2) is 65.3 Å². The van der Waals surface area contributed by atoms with Crippen molar-refractivity contribution in [3.05, 3.63) is 0 Å². The number of urea groups is 1. The molecular formula is C11H21N3O5. The third-order valence-corrected chi connectivity index (χ3v) is 2.61. The maximum Gasteiger partial charge on any atom is 0.326 e. The SMILES string of the molecule is CC(C)N(C)CCNC(=O)N[C@@H](CC(=O)O)C(=O)O. The summed E-state index contributed by atoms with van der Waals surface area (Å²) in [7, 11) is 1.90. The van der Waals surface area contributed by atoms with Crippen molar-refractivity contribution >= 4 is 18.0 Å². The monoisotopic (exact) mass is 275 g/mol. The Morgan fingerprint density at radius 3 is 2.21 bits per heavy atom. The van der Waals surface area contributed by atoms with Gasteiger partial charge in [-0.25, -0.2) is 9.59 Å². The van der Waals surface area contributed by atoms with E-state index >= 15 is 0 Å². The van der Waals surface area contributed by atoms with Crippen LogP contribution in [0, 0.1) is 0 Å². The van der Waals surface area contributed by atoms with E-state index in [2.05, 4.69) is 10.6 Å². The van der Waals surface area contributed by atoms with Crippen LogP contribution in [-0.2, 0) is 9.59 Å². The molecule has 0 aromatic carbocycles. The van der Waals surface area contributed by atoms with E-state index in [9.17, 15) is 14.4 Å². The normalized spacial score (nSPS) is 12.3. The first-order valence-corrected chi connectivity index (χ1v) is 5.93. The molecule has 0 aromatic heterocycles. The van der Waals surface area contributed by atoms with E-state index < -0.39 is 30.4 Å². The highest BCUT2D eigenvalue weighted by molar-refractivity contribution is 5.86. The largest absolute Gasteiger partial charge is 0.481 e. The summed E-state index contributed by atoms with van der Waals surface area (Å²) < 4.78 is 0. The summed E-state index contributed by atoms with van der Waals surface area (Å²) in [6, 6.07) is -1.78. The van der Waals surface area contributed by atoms with E-state index in [0.29, 0.717) is 19.1 Å². The topological polar surface area (TPSA) is 119 Å². The van der Waals surface area contributed by atoms with E-state index in [4.69, 9.17) is 10.2 Å². The fourth-order valence-corrected chi connectivity index (χ4v) is 1.19. The number of carboxylic acids is 2. The fraction of sp³-hybridized carbons (Fsp3) is 0.727. The Morgan fingerprint density at radius 2 is 1.79 bits per heavy atom. The zero-order chi connectivity index (χ0) is 15.0. The molecule has 8 nitrogen and oxygen atoms in total. The van der Waals surface area contributed by atoms with E-state index in [1.165, 1.54) is 0 Å². The summed E-state index contributed by atoms with van der Waals surface area (Å²) >= 11 is 0. The Hall–Kier alpha value is -1.83. The second kappa shape index (κ2) is 8.30. The molecule has 1 atom stereocenters. The van der Waals surface area contributed by atoms with Crippen LogP contribution in [0.25, 0.3) is 0 Å². The summed E-state index contributed by atoms with van der Waals surface area (Å²) in [6.45, 7) is 4.97. The third-order valence-electron chi connectivity index (χ3n) is 2.61. The lowest BCUT2D eigenvalue weighted by molar-refractivity contribution is -0.145. The standard InChI is InChI=1S/C11H21N3O5/c1-7(2)14(3)5-4-12-11(19)13-8(10(17)18)6-9(15)16/h7-8H,4-6H2,1-3H3,(H,15,16)(H,17,18)(H2,12,13,19)/t8-/m0/s1. The lowest BCUT2D eigenvalue weighted by atomic mass is 10.2. The Bertz CT molecular complexity index is 332.